The Balaban J connectivity index is 0.00000109. The SMILES string of the molecule is C=N.C=NNc1nc(N)c2ncn([C@@H]3O[C@H](C(C)=O)[C@@H](O)[C@H]3O)c2n1. The summed E-state index contributed by atoms with van der Waals surface area (Å²) in [7, 11) is 0. The maximum atomic E-state index is 11.5. The molecule has 12 heteroatoms. The molecule has 3 heterocycles. The Morgan fingerprint density at radius 3 is 2.68 bits per heavy atom. The van der Waals surface area contributed by atoms with E-state index in [4.69, 9.17) is 15.9 Å². The van der Waals surface area contributed by atoms with Crippen LogP contribution in [0.4, 0.5) is 11.8 Å². The number of anilines is 2. The van der Waals surface area contributed by atoms with Gasteiger partial charge in [0.05, 0.1) is 6.33 Å². The molecule has 25 heavy (non-hydrogen) atoms. The molecule has 4 atom stereocenters. The van der Waals surface area contributed by atoms with E-state index in [0.29, 0.717) is 0 Å². The molecule has 1 saturated heterocycles. The summed E-state index contributed by atoms with van der Waals surface area (Å²) < 4.78 is 6.83. The first kappa shape index (κ1) is 18.4. The van der Waals surface area contributed by atoms with Crippen molar-refractivity contribution in [1.29, 1.82) is 5.41 Å². The zero-order valence-corrected chi connectivity index (χ0v) is 13.3. The van der Waals surface area contributed by atoms with Crippen LogP contribution in [0.2, 0.25) is 0 Å². The van der Waals surface area contributed by atoms with E-state index < -0.39 is 30.3 Å². The van der Waals surface area contributed by atoms with Crippen molar-refractivity contribution in [1.82, 2.24) is 19.5 Å². The molecule has 1 aliphatic rings. The molecular formula is C13H18N8O4. The van der Waals surface area contributed by atoms with Crippen molar-refractivity contribution >= 4 is 42.1 Å². The van der Waals surface area contributed by atoms with Crippen molar-refractivity contribution in [2.24, 2.45) is 5.10 Å². The number of fused-ring (bicyclic) bond motifs is 1. The fraction of sp³-hybridized carbons (Fsp3) is 0.385. The molecule has 0 saturated carbocycles. The van der Waals surface area contributed by atoms with Crippen LogP contribution >= 0.6 is 0 Å². The second-order valence-electron chi connectivity index (χ2n) is 5.07. The minimum absolute atomic E-state index is 0.0860. The molecule has 0 unspecified atom stereocenters. The highest BCUT2D eigenvalue weighted by Gasteiger charge is 2.46. The first-order chi connectivity index (χ1) is 11.9. The molecular weight excluding hydrogens is 332 g/mol. The van der Waals surface area contributed by atoms with Gasteiger partial charge in [0.2, 0.25) is 5.95 Å². The third kappa shape index (κ3) is 3.17. The summed E-state index contributed by atoms with van der Waals surface area (Å²) in [5.74, 6) is -0.213. The zero-order chi connectivity index (χ0) is 18.7. The third-order valence-corrected chi connectivity index (χ3v) is 3.54. The topological polar surface area (TPSA) is 185 Å². The van der Waals surface area contributed by atoms with Crippen LogP contribution in [0, 0.1) is 5.41 Å². The van der Waals surface area contributed by atoms with Crippen LogP contribution in [0.15, 0.2) is 11.4 Å². The molecule has 0 bridgehead atoms. The van der Waals surface area contributed by atoms with Crippen LogP contribution in [0.1, 0.15) is 13.2 Å². The number of hydrogen-bond donors (Lipinski definition) is 5. The number of rotatable bonds is 4. The normalized spacial score (nSPS) is 25.2. The predicted octanol–water partition coefficient (Wildman–Crippen LogP) is -1.09. The van der Waals surface area contributed by atoms with E-state index in [1.54, 1.807) is 0 Å². The van der Waals surface area contributed by atoms with Gasteiger partial charge in [0.1, 0.15) is 23.8 Å². The molecule has 134 valence electrons. The van der Waals surface area contributed by atoms with Gasteiger partial charge in [0, 0.05) is 6.72 Å². The van der Waals surface area contributed by atoms with Crippen LogP contribution in [0.25, 0.3) is 11.2 Å². The lowest BCUT2D eigenvalue weighted by atomic mass is 10.1. The summed E-state index contributed by atoms with van der Waals surface area (Å²) in [6.45, 7) is 7.04. The molecule has 0 aliphatic carbocycles. The number of imidazole rings is 1. The Morgan fingerprint density at radius 1 is 1.44 bits per heavy atom. The first-order valence-electron chi connectivity index (χ1n) is 7.03. The van der Waals surface area contributed by atoms with Gasteiger partial charge in [0.15, 0.2) is 23.5 Å². The lowest BCUT2D eigenvalue weighted by Crippen LogP contribution is -2.34. The van der Waals surface area contributed by atoms with Gasteiger partial charge in [-0.1, -0.05) is 0 Å². The maximum Gasteiger partial charge on any atom is 0.247 e. The minimum Gasteiger partial charge on any atom is -0.387 e. The number of nitrogens with zero attached hydrogens (tertiary/aromatic N) is 5. The summed E-state index contributed by atoms with van der Waals surface area (Å²) in [6, 6.07) is 0. The number of Topliss-reactive ketones (excluding diaryl/α,β-unsaturated/α-hetero) is 1. The first-order valence-corrected chi connectivity index (χ1v) is 7.03. The number of ether oxygens (including phenoxy) is 1. The molecule has 0 aromatic carbocycles. The molecule has 2 aromatic rings. The van der Waals surface area contributed by atoms with Gasteiger partial charge in [-0.15, -0.1) is 0 Å². The van der Waals surface area contributed by atoms with Crippen LogP contribution in [-0.2, 0) is 9.53 Å². The number of aromatic nitrogens is 4. The monoisotopic (exact) mass is 350 g/mol. The molecule has 12 nitrogen and oxygen atoms in total. The Labute approximate surface area is 141 Å². The molecule has 0 spiro atoms. The molecule has 3 rings (SSSR count). The smallest absolute Gasteiger partial charge is 0.247 e. The van der Waals surface area contributed by atoms with Gasteiger partial charge in [-0.05, 0) is 13.6 Å². The molecule has 1 aliphatic heterocycles. The number of hydrogen-bond acceptors (Lipinski definition) is 11. The zero-order valence-electron chi connectivity index (χ0n) is 13.3. The molecule has 0 radical (unpaired) electrons. The highest BCUT2D eigenvalue weighted by atomic mass is 16.6. The number of nitrogen functional groups attached to an aromatic ring is 1. The average Bonchev–Trinajstić information content (AvgIpc) is 3.12. The van der Waals surface area contributed by atoms with E-state index in [0.717, 1.165) is 0 Å². The van der Waals surface area contributed by atoms with Crippen LogP contribution in [0.3, 0.4) is 0 Å². The van der Waals surface area contributed by atoms with Crippen molar-refractivity contribution in [3.05, 3.63) is 6.33 Å². The quantitative estimate of drug-likeness (QED) is 0.337. The summed E-state index contributed by atoms with van der Waals surface area (Å²) in [5, 5.41) is 29.0. The molecule has 0 amide bonds. The summed E-state index contributed by atoms with van der Waals surface area (Å²) in [5.41, 5.74) is 8.80. The van der Waals surface area contributed by atoms with Gasteiger partial charge in [0.25, 0.3) is 0 Å². The minimum atomic E-state index is -1.35. The largest absolute Gasteiger partial charge is 0.387 e. The van der Waals surface area contributed by atoms with Gasteiger partial charge in [-0.3, -0.25) is 9.36 Å². The Bertz CT molecular complexity index is 794. The van der Waals surface area contributed by atoms with E-state index in [1.165, 1.54) is 17.8 Å². The van der Waals surface area contributed by atoms with E-state index >= 15 is 0 Å². The molecule has 6 N–H and O–H groups in total. The average molecular weight is 350 g/mol. The maximum absolute atomic E-state index is 11.5. The van der Waals surface area contributed by atoms with Crippen molar-refractivity contribution in [2.45, 2.75) is 31.5 Å². The number of nitrogens with two attached hydrogens (primary N) is 1. The number of aliphatic hydroxyl groups is 2. The van der Waals surface area contributed by atoms with Crippen LogP contribution in [-0.4, -0.2) is 67.3 Å². The van der Waals surface area contributed by atoms with Gasteiger partial charge < -0.3 is 26.1 Å². The number of carbonyl (C=O) groups is 1. The van der Waals surface area contributed by atoms with E-state index in [-0.39, 0.29) is 22.9 Å². The van der Waals surface area contributed by atoms with Gasteiger partial charge >= 0.3 is 0 Å². The standard InChI is InChI=1S/C12H15N7O4.CH3N/c1-4(20)8-6(21)7(22)11(23-8)19-3-15-5-9(13)16-12(18-14-2)17-10(5)19;1-2/h3,6-8,11,21-22H,2H2,1H3,(H3,13,16,17,18);2H,1H2/t6-,7+,8+,11+;/m0./s1. The number of ketones is 1. The molecule has 1 fully saturated rings. The Morgan fingerprint density at radius 2 is 2.12 bits per heavy atom. The fourth-order valence-electron chi connectivity index (χ4n) is 2.47. The van der Waals surface area contributed by atoms with E-state index in [9.17, 15) is 15.0 Å². The lowest BCUT2D eigenvalue weighted by Gasteiger charge is -2.16. The summed E-state index contributed by atoms with van der Waals surface area (Å²) in [4.78, 5) is 23.7. The summed E-state index contributed by atoms with van der Waals surface area (Å²) in [6.07, 6.45) is -3.50. The number of carbonyl (C=O) groups excluding carboxylic acids is 1. The summed E-state index contributed by atoms with van der Waals surface area (Å²) >= 11 is 0. The highest BCUT2D eigenvalue weighted by Crippen LogP contribution is 2.32. The van der Waals surface area contributed by atoms with Crippen LogP contribution < -0.4 is 11.2 Å². The van der Waals surface area contributed by atoms with E-state index in [2.05, 4.69) is 38.9 Å². The molecule has 2 aromatic heterocycles. The second kappa shape index (κ2) is 7.29. The van der Waals surface area contributed by atoms with Crippen molar-refractivity contribution in [3.63, 3.8) is 0 Å². The highest BCUT2D eigenvalue weighted by molar-refractivity contribution is 5.83. The van der Waals surface area contributed by atoms with Crippen LogP contribution in [0.5, 0.6) is 0 Å². The lowest BCUT2D eigenvalue weighted by molar-refractivity contribution is -0.133. The van der Waals surface area contributed by atoms with Crippen molar-refractivity contribution in [2.75, 3.05) is 11.2 Å². The van der Waals surface area contributed by atoms with E-state index in [1.807, 2.05) is 0 Å². The Kier molecular flexibility index (Phi) is 5.36. The number of aliphatic hydroxyl groups excluding tert-OH is 2. The van der Waals surface area contributed by atoms with Crippen molar-refractivity contribution < 1.29 is 19.7 Å². The second-order valence-corrected chi connectivity index (χ2v) is 5.07. The van der Waals surface area contributed by atoms with Crippen molar-refractivity contribution in [3.8, 4) is 0 Å². The number of nitrogens with one attached hydrogen (secondary N) is 2. The third-order valence-electron chi connectivity index (χ3n) is 3.54. The Hall–Kier alpha value is -2.96. The predicted molar refractivity (Wildman–Crippen MR) is 89.4 cm³/mol. The van der Waals surface area contributed by atoms with Gasteiger partial charge in [-0.25, -0.2) is 10.4 Å². The fourth-order valence-corrected chi connectivity index (χ4v) is 2.47. The number of hydrazone groups is 1. The van der Waals surface area contributed by atoms with Gasteiger partial charge in [-0.2, -0.15) is 15.1 Å².